The number of hydrogen-bond acceptors (Lipinski definition) is 1. The fourth-order valence-electron chi connectivity index (χ4n) is 1.95. The van der Waals surface area contributed by atoms with E-state index in [1.807, 2.05) is 26.2 Å². The molecule has 0 bridgehead atoms. The molecular formula is C13H21N. The average molecular weight is 191 g/mol. The van der Waals surface area contributed by atoms with Crippen LogP contribution in [0.4, 0.5) is 0 Å². The summed E-state index contributed by atoms with van der Waals surface area (Å²) in [4.78, 5) is 4.15. The summed E-state index contributed by atoms with van der Waals surface area (Å²) in [6.07, 6.45) is 6.43. The van der Waals surface area contributed by atoms with Gasteiger partial charge < -0.3 is 0 Å². The van der Waals surface area contributed by atoms with Gasteiger partial charge in [0.05, 0.1) is 0 Å². The van der Waals surface area contributed by atoms with E-state index in [1.165, 1.54) is 24.0 Å². The third-order valence-electron chi connectivity index (χ3n) is 2.91. The Morgan fingerprint density at radius 3 is 2.43 bits per heavy atom. The van der Waals surface area contributed by atoms with Gasteiger partial charge in [0.1, 0.15) is 0 Å². The molecule has 0 saturated carbocycles. The van der Waals surface area contributed by atoms with Crippen LogP contribution in [0.5, 0.6) is 0 Å². The van der Waals surface area contributed by atoms with Crippen LogP contribution in [0.25, 0.3) is 0 Å². The second-order valence-corrected chi connectivity index (χ2v) is 4.06. The number of fused-ring (bicyclic) bond motifs is 1. The van der Waals surface area contributed by atoms with E-state index >= 15 is 0 Å². The lowest BCUT2D eigenvalue weighted by Crippen LogP contribution is -2.07. The topological polar surface area (TPSA) is 12.9 Å². The molecular weight excluding hydrogens is 170 g/mol. The van der Waals surface area contributed by atoms with Crippen molar-refractivity contribution in [2.75, 3.05) is 0 Å². The highest BCUT2D eigenvalue weighted by molar-refractivity contribution is 5.29. The number of nitrogens with zero attached hydrogens (tertiary/aromatic N) is 1. The molecule has 1 unspecified atom stereocenters. The van der Waals surface area contributed by atoms with Crippen LogP contribution >= 0.6 is 0 Å². The quantitative estimate of drug-likeness (QED) is 0.662. The first-order valence-electron chi connectivity index (χ1n) is 5.69. The molecule has 2 rings (SSSR count). The molecule has 1 nitrogen and oxygen atoms in total. The normalized spacial score (nSPS) is 18.8. The summed E-state index contributed by atoms with van der Waals surface area (Å²) in [5.41, 5.74) is 2.99. The van der Waals surface area contributed by atoms with Gasteiger partial charge in [-0.1, -0.05) is 27.7 Å². The Morgan fingerprint density at radius 1 is 1.21 bits per heavy atom. The van der Waals surface area contributed by atoms with Crippen molar-refractivity contribution in [3.8, 4) is 0 Å². The number of aromatic nitrogens is 1. The minimum absolute atomic E-state index is 0.803. The zero-order valence-corrected chi connectivity index (χ0v) is 9.75. The highest BCUT2D eigenvalue weighted by atomic mass is 14.6. The van der Waals surface area contributed by atoms with Crippen molar-refractivity contribution < 1.29 is 0 Å². The monoisotopic (exact) mass is 191 g/mol. The lowest BCUT2D eigenvalue weighted by molar-refractivity contribution is 0.404. The first-order chi connectivity index (χ1) is 6.77. The van der Waals surface area contributed by atoms with Gasteiger partial charge in [0.15, 0.2) is 0 Å². The number of rotatable bonds is 1. The van der Waals surface area contributed by atoms with Crippen LogP contribution in [0.1, 0.15) is 38.8 Å². The molecule has 0 aliphatic heterocycles. The average Bonchev–Trinajstić information content (AvgIpc) is 2.64. The van der Waals surface area contributed by atoms with Crippen LogP contribution < -0.4 is 0 Å². The molecule has 14 heavy (non-hydrogen) atoms. The van der Waals surface area contributed by atoms with Gasteiger partial charge in [0.25, 0.3) is 0 Å². The second kappa shape index (κ2) is 5.14. The Morgan fingerprint density at radius 2 is 1.86 bits per heavy atom. The highest BCUT2D eigenvalue weighted by Crippen LogP contribution is 2.30. The molecule has 1 aliphatic rings. The van der Waals surface area contributed by atoms with Gasteiger partial charge in [-0.3, -0.25) is 4.98 Å². The Bertz CT molecular complexity index is 253. The molecule has 0 radical (unpaired) electrons. The van der Waals surface area contributed by atoms with E-state index in [-0.39, 0.29) is 0 Å². The van der Waals surface area contributed by atoms with Crippen LogP contribution in [-0.2, 0) is 12.8 Å². The van der Waals surface area contributed by atoms with Crippen LogP contribution in [0.15, 0.2) is 18.5 Å². The van der Waals surface area contributed by atoms with Crippen LogP contribution in [0.3, 0.4) is 0 Å². The summed E-state index contributed by atoms with van der Waals surface area (Å²) in [6.45, 7) is 8.62. The lowest BCUT2D eigenvalue weighted by atomic mass is 9.93. The van der Waals surface area contributed by atoms with E-state index in [2.05, 4.69) is 24.9 Å². The van der Waals surface area contributed by atoms with Gasteiger partial charge in [-0.05, 0) is 41.9 Å². The van der Waals surface area contributed by atoms with E-state index in [9.17, 15) is 0 Å². The van der Waals surface area contributed by atoms with Gasteiger partial charge in [-0.25, -0.2) is 0 Å². The molecule has 0 saturated heterocycles. The molecule has 1 aliphatic carbocycles. The van der Waals surface area contributed by atoms with Crippen molar-refractivity contribution in [1.29, 1.82) is 0 Å². The van der Waals surface area contributed by atoms with Gasteiger partial charge >= 0.3 is 0 Å². The fraction of sp³-hybridized carbons (Fsp3) is 0.615. The van der Waals surface area contributed by atoms with Gasteiger partial charge in [0.2, 0.25) is 0 Å². The van der Waals surface area contributed by atoms with E-state index < -0.39 is 0 Å². The van der Waals surface area contributed by atoms with Crippen molar-refractivity contribution in [1.82, 2.24) is 4.98 Å². The molecule has 78 valence electrons. The summed E-state index contributed by atoms with van der Waals surface area (Å²) in [6, 6.07) is 2.16. The molecule has 0 aromatic carbocycles. The molecule has 1 aromatic heterocycles. The Hall–Kier alpha value is -0.850. The van der Waals surface area contributed by atoms with Crippen LogP contribution in [0, 0.1) is 11.8 Å². The summed E-state index contributed by atoms with van der Waals surface area (Å²) in [5, 5.41) is 0. The fourth-order valence-corrected chi connectivity index (χ4v) is 1.95. The lowest BCUT2D eigenvalue weighted by Gasteiger charge is -2.12. The standard InChI is InChI=1S/C11H15N.C2H6/c1-8(2)10-5-9-3-4-12-7-11(9)6-10;1-2/h3-4,7-8,10H,5-6H2,1-2H3;1-2H3. The molecule has 1 atom stereocenters. The molecule has 0 spiro atoms. The molecule has 1 aromatic rings. The predicted octanol–water partition coefficient (Wildman–Crippen LogP) is 3.48. The maximum absolute atomic E-state index is 4.15. The van der Waals surface area contributed by atoms with Gasteiger partial charge in [0, 0.05) is 12.4 Å². The Labute approximate surface area is 87.6 Å². The number of pyridine rings is 1. The molecule has 0 N–H and O–H groups in total. The van der Waals surface area contributed by atoms with E-state index in [4.69, 9.17) is 0 Å². The minimum atomic E-state index is 0.803. The van der Waals surface area contributed by atoms with Crippen molar-refractivity contribution in [3.63, 3.8) is 0 Å². The summed E-state index contributed by atoms with van der Waals surface area (Å²) < 4.78 is 0. The highest BCUT2D eigenvalue weighted by Gasteiger charge is 2.23. The first-order valence-corrected chi connectivity index (χ1v) is 5.69. The smallest absolute Gasteiger partial charge is 0.0302 e. The zero-order chi connectivity index (χ0) is 10.6. The van der Waals surface area contributed by atoms with E-state index in [0.717, 1.165) is 11.8 Å². The second-order valence-electron chi connectivity index (χ2n) is 4.06. The SMILES string of the molecule is CC.CC(C)C1Cc2ccncc2C1. The van der Waals surface area contributed by atoms with Gasteiger partial charge in [-0.15, -0.1) is 0 Å². The van der Waals surface area contributed by atoms with E-state index in [1.54, 1.807) is 0 Å². The molecule has 0 fully saturated rings. The van der Waals surface area contributed by atoms with E-state index in [0.29, 0.717) is 0 Å². The van der Waals surface area contributed by atoms with Crippen molar-refractivity contribution in [2.45, 2.75) is 40.5 Å². The Balaban J connectivity index is 0.000000461. The summed E-state index contributed by atoms with van der Waals surface area (Å²) in [7, 11) is 0. The first kappa shape index (κ1) is 11.2. The predicted molar refractivity (Wildman–Crippen MR) is 61.3 cm³/mol. The zero-order valence-electron chi connectivity index (χ0n) is 9.75. The minimum Gasteiger partial charge on any atom is -0.264 e. The van der Waals surface area contributed by atoms with Crippen LogP contribution in [0.2, 0.25) is 0 Å². The molecule has 1 heteroatoms. The number of hydrogen-bond donors (Lipinski definition) is 0. The van der Waals surface area contributed by atoms with Gasteiger partial charge in [-0.2, -0.15) is 0 Å². The third kappa shape index (κ3) is 2.34. The van der Waals surface area contributed by atoms with Crippen molar-refractivity contribution in [3.05, 3.63) is 29.6 Å². The summed E-state index contributed by atoms with van der Waals surface area (Å²) >= 11 is 0. The van der Waals surface area contributed by atoms with Crippen LogP contribution in [-0.4, -0.2) is 4.98 Å². The van der Waals surface area contributed by atoms with Crippen molar-refractivity contribution in [2.24, 2.45) is 11.8 Å². The molecule has 1 heterocycles. The summed E-state index contributed by atoms with van der Waals surface area (Å²) in [5.74, 6) is 1.65. The third-order valence-corrected chi connectivity index (χ3v) is 2.91. The maximum atomic E-state index is 4.15. The molecule has 0 amide bonds. The largest absolute Gasteiger partial charge is 0.264 e. The van der Waals surface area contributed by atoms with Crippen molar-refractivity contribution >= 4 is 0 Å². The Kier molecular flexibility index (Phi) is 4.12. The maximum Gasteiger partial charge on any atom is 0.0302 e.